The normalized spacial score (nSPS) is 25.8. The fraction of sp³-hybridized carbons (Fsp3) is 0.692. The van der Waals surface area contributed by atoms with Crippen molar-refractivity contribution < 1.29 is 0 Å². The van der Waals surface area contributed by atoms with Gasteiger partial charge in [0.2, 0.25) is 0 Å². The van der Waals surface area contributed by atoms with Crippen LogP contribution in [0.15, 0.2) is 18.5 Å². The monoisotopic (exact) mass is 238 g/mol. The fourth-order valence-electron chi connectivity index (χ4n) is 2.45. The van der Waals surface area contributed by atoms with E-state index in [0.717, 1.165) is 17.8 Å². The lowest BCUT2D eigenvalue weighted by Crippen LogP contribution is -2.34. The van der Waals surface area contributed by atoms with Crippen molar-refractivity contribution in [2.75, 3.05) is 5.75 Å². The summed E-state index contributed by atoms with van der Waals surface area (Å²) >= 11 is 2.13. The van der Waals surface area contributed by atoms with Crippen molar-refractivity contribution in [3.63, 3.8) is 0 Å². The number of aromatic amines is 1. The van der Waals surface area contributed by atoms with E-state index >= 15 is 0 Å². The first-order valence-corrected chi connectivity index (χ1v) is 7.40. The highest BCUT2D eigenvalue weighted by molar-refractivity contribution is 7.99. The summed E-state index contributed by atoms with van der Waals surface area (Å²) < 4.78 is 0. The van der Waals surface area contributed by atoms with Gasteiger partial charge < -0.3 is 10.3 Å². The molecule has 2 nitrogen and oxygen atoms in total. The summed E-state index contributed by atoms with van der Waals surface area (Å²) in [5, 5.41) is 4.57. The molecule has 0 radical (unpaired) electrons. The van der Waals surface area contributed by atoms with Crippen molar-refractivity contribution in [3.8, 4) is 0 Å². The topological polar surface area (TPSA) is 27.8 Å². The minimum Gasteiger partial charge on any atom is -0.367 e. The van der Waals surface area contributed by atoms with Gasteiger partial charge in [0.15, 0.2) is 0 Å². The first-order chi connectivity index (χ1) is 7.88. The largest absolute Gasteiger partial charge is 0.367 e. The molecule has 16 heavy (non-hydrogen) atoms. The van der Waals surface area contributed by atoms with Crippen molar-refractivity contribution in [1.29, 1.82) is 0 Å². The maximum atomic E-state index is 3.68. The van der Waals surface area contributed by atoms with Gasteiger partial charge in [-0.3, -0.25) is 0 Å². The number of H-pyrrole nitrogens is 1. The number of hydrogen-bond acceptors (Lipinski definition) is 2. The summed E-state index contributed by atoms with van der Waals surface area (Å²) in [5.41, 5.74) is 1.37. The van der Waals surface area contributed by atoms with Crippen LogP contribution in [0.4, 0.5) is 0 Å². The molecule has 0 aromatic carbocycles. The van der Waals surface area contributed by atoms with Crippen LogP contribution >= 0.6 is 11.8 Å². The highest BCUT2D eigenvalue weighted by Gasteiger charge is 2.21. The van der Waals surface area contributed by atoms with Gasteiger partial charge in [0.1, 0.15) is 0 Å². The summed E-state index contributed by atoms with van der Waals surface area (Å²) in [6.45, 7) is 3.28. The number of thioether (sulfide) groups is 1. The highest BCUT2D eigenvalue weighted by Crippen LogP contribution is 2.28. The molecule has 2 unspecified atom stereocenters. The standard InChI is InChI=1S/C13H22N2S/c1-2-16-13-5-3-4-12(8-13)15-10-11-6-7-14-9-11/h6-7,9,12-15H,2-5,8,10H2,1H3. The minimum absolute atomic E-state index is 0.729. The first kappa shape index (κ1) is 12.1. The zero-order valence-corrected chi connectivity index (χ0v) is 10.9. The molecule has 2 N–H and O–H groups in total. The molecule has 0 amide bonds. The smallest absolute Gasteiger partial charge is 0.0223 e. The Kier molecular flexibility index (Phi) is 4.79. The molecule has 1 aromatic rings. The molecule has 0 spiro atoms. The highest BCUT2D eigenvalue weighted by atomic mass is 32.2. The van der Waals surface area contributed by atoms with Gasteiger partial charge in [-0.1, -0.05) is 13.3 Å². The Morgan fingerprint density at radius 3 is 3.19 bits per heavy atom. The maximum Gasteiger partial charge on any atom is 0.0223 e. The summed E-state index contributed by atoms with van der Waals surface area (Å²) in [4.78, 5) is 3.10. The van der Waals surface area contributed by atoms with E-state index < -0.39 is 0 Å². The molecule has 1 saturated carbocycles. The quantitative estimate of drug-likeness (QED) is 0.824. The molecule has 0 saturated heterocycles. The summed E-state index contributed by atoms with van der Waals surface area (Å²) in [7, 11) is 0. The maximum absolute atomic E-state index is 3.68. The molecular weight excluding hydrogens is 216 g/mol. The van der Waals surface area contributed by atoms with Gasteiger partial charge in [-0.15, -0.1) is 0 Å². The van der Waals surface area contributed by atoms with Gasteiger partial charge >= 0.3 is 0 Å². The second-order valence-electron chi connectivity index (χ2n) is 4.54. The molecule has 1 aromatic heterocycles. The first-order valence-electron chi connectivity index (χ1n) is 6.35. The van der Waals surface area contributed by atoms with E-state index in [-0.39, 0.29) is 0 Å². The van der Waals surface area contributed by atoms with E-state index in [1.807, 2.05) is 6.20 Å². The van der Waals surface area contributed by atoms with E-state index in [2.05, 4.69) is 41.2 Å². The number of nitrogens with one attached hydrogen (secondary N) is 2. The van der Waals surface area contributed by atoms with E-state index in [4.69, 9.17) is 0 Å². The molecule has 1 fully saturated rings. The van der Waals surface area contributed by atoms with Crippen LogP contribution in [0, 0.1) is 0 Å². The third-order valence-electron chi connectivity index (χ3n) is 3.29. The zero-order valence-electron chi connectivity index (χ0n) is 10.0. The Hall–Kier alpha value is -0.410. The van der Waals surface area contributed by atoms with Gasteiger partial charge in [-0.2, -0.15) is 11.8 Å². The Bertz CT molecular complexity index is 282. The molecule has 3 heteroatoms. The van der Waals surface area contributed by atoms with Gasteiger partial charge in [0.25, 0.3) is 0 Å². The molecule has 2 atom stereocenters. The lowest BCUT2D eigenvalue weighted by Gasteiger charge is -2.29. The SMILES string of the molecule is CCSC1CCCC(NCc2cc[nH]c2)C1. The van der Waals surface area contributed by atoms with Gasteiger partial charge in [-0.05, 0) is 36.6 Å². The molecule has 1 aliphatic rings. The second-order valence-corrected chi connectivity index (χ2v) is 6.12. The Labute approximate surface area is 103 Å². The van der Waals surface area contributed by atoms with E-state index in [1.165, 1.54) is 37.0 Å². The third-order valence-corrected chi connectivity index (χ3v) is 4.52. The predicted octanol–water partition coefficient (Wildman–Crippen LogP) is 3.17. The summed E-state index contributed by atoms with van der Waals surface area (Å²) in [5.74, 6) is 1.26. The average Bonchev–Trinajstić information content (AvgIpc) is 2.80. The predicted molar refractivity (Wildman–Crippen MR) is 71.8 cm³/mol. The molecule has 1 heterocycles. The van der Waals surface area contributed by atoms with Crippen molar-refractivity contribution in [2.45, 2.75) is 50.4 Å². The molecule has 0 bridgehead atoms. The van der Waals surface area contributed by atoms with Crippen molar-refractivity contribution in [1.82, 2.24) is 10.3 Å². The Morgan fingerprint density at radius 1 is 1.50 bits per heavy atom. The van der Waals surface area contributed by atoms with Crippen LogP contribution in [0.1, 0.15) is 38.2 Å². The van der Waals surface area contributed by atoms with Crippen LogP contribution < -0.4 is 5.32 Å². The Morgan fingerprint density at radius 2 is 2.44 bits per heavy atom. The molecule has 0 aliphatic heterocycles. The Balaban J connectivity index is 1.72. The number of hydrogen-bond donors (Lipinski definition) is 2. The van der Waals surface area contributed by atoms with E-state index in [9.17, 15) is 0 Å². The van der Waals surface area contributed by atoms with E-state index in [1.54, 1.807) is 0 Å². The molecule has 90 valence electrons. The van der Waals surface area contributed by atoms with Crippen molar-refractivity contribution >= 4 is 11.8 Å². The lowest BCUT2D eigenvalue weighted by molar-refractivity contribution is 0.379. The fourth-order valence-corrected chi connectivity index (χ4v) is 3.62. The average molecular weight is 238 g/mol. The van der Waals surface area contributed by atoms with Crippen molar-refractivity contribution in [2.24, 2.45) is 0 Å². The molecule has 2 rings (SSSR count). The van der Waals surface area contributed by atoms with Crippen LogP contribution in [0.25, 0.3) is 0 Å². The van der Waals surface area contributed by atoms with Gasteiger partial charge in [0.05, 0.1) is 0 Å². The molecular formula is C13H22N2S. The van der Waals surface area contributed by atoms with Crippen LogP contribution in [-0.4, -0.2) is 22.0 Å². The number of aromatic nitrogens is 1. The number of rotatable bonds is 5. The van der Waals surface area contributed by atoms with Crippen LogP contribution in [0.2, 0.25) is 0 Å². The summed E-state index contributed by atoms with van der Waals surface area (Å²) in [6.07, 6.45) is 9.58. The van der Waals surface area contributed by atoms with E-state index in [0.29, 0.717) is 0 Å². The molecule has 1 aliphatic carbocycles. The second kappa shape index (κ2) is 6.36. The van der Waals surface area contributed by atoms with Crippen molar-refractivity contribution in [3.05, 3.63) is 24.0 Å². The van der Waals surface area contributed by atoms with Gasteiger partial charge in [-0.25, -0.2) is 0 Å². The third kappa shape index (κ3) is 3.56. The van der Waals surface area contributed by atoms with Gasteiger partial charge in [0, 0.05) is 30.2 Å². The van der Waals surface area contributed by atoms with Crippen LogP contribution in [-0.2, 0) is 6.54 Å². The summed E-state index contributed by atoms with van der Waals surface area (Å²) in [6, 6.07) is 2.88. The minimum atomic E-state index is 0.729. The zero-order chi connectivity index (χ0) is 11.2. The van der Waals surface area contributed by atoms with Crippen LogP contribution in [0.3, 0.4) is 0 Å². The van der Waals surface area contributed by atoms with Crippen LogP contribution in [0.5, 0.6) is 0 Å². The lowest BCUT2D eigenvalue weighted by atomic mass is 9.95.